The van der Waals surface area contributed by atoms with Crippen molar-refractivity contribution < 1.29 is 0 Å². The first-order valence-corrected chi connectivity index (χ1v) is 8.31. The molecule has 2 heteroatoms. The summed E-state index contributed by atoms with van der Waals surface area (Å²) in [6.45, 7) is 15.5. The van der Waals surface area contributed by atoms with Crippen molar-refractivity contribution in [3.05, 3.63) is 0 Å². The van der Waals surface area contributed by atoms with Crippen LogP contribution >= 0.6 is 0 Å². The van der Waals surface area contributed by atoms with Crippen molar-refractivity contribution >= 4 is 0 Å². The van der Waals surface area contributed by atoms with Crippen molar-refractivity contribution in [3.8, 4) is 0 Å². The van der Waals surface area contributed by atoms with Gasteiger partial charge < -0.3 is 5.32 Å². The molecule has 2 rings (SSSR count). The third-order valence-electron chi connectivity index (χ3n) is 5.14. The van der Waals surface area contributed by atoms with Gasteiger partial charge in [0.15, 0.2) is 0 Å². The Morgan fingerprint density at radius 3 is 2.42 bits per heavy atom. The van der Waals surface area contributed by atoms with Gasteiger partial charge in [-0.3, -0.25) is 4.90 Å². The van der Waals surface area contributed by atoms with Crippen molar-refractivity contribution in [2.24, 2.45) is 11.3 Å². The zero-order valence-electron chi connectivity index (χ0n) is 13.8. The summed E-state index contributed by atoms with van der Waals surface area (Å²) in [6.07, 6.45) is 7.25. The van der Waals surface area contributed by atoms with Crippen LogP contribution in [0, 0.1) is 11.3 Å². The van der Waals surface area contributed by atoms with E-state index < -0.39 is 0 Å². The van der Waals surface area contributed by atoms with Gasteiger partial charge in [-0.05, 0) is 51.4 Å². The molecule has 1 aliphatic carbocycles. The molecule has 1 aliphatic heterocycles. The monoisotopic (exact) mass is 266 g/mol. The predicted octanol–water partition coefficient (Wildman–Crippen LogP) is 3.67. The lowest BCUT2D eigenvalue weighted by molar-refractivity contribution is 0.0474. The molecule has 0 aromatic rings. The fraction of sp³-hybridized carbons (Fsp3) is 1.00. The fourth-order valence-corrected chi connectivity index (χ4v) is 4.33. The van der Waals surface area contributed by atoms with Crippen LogP contribution in [-0.2, 0) is 0 Å². The zero-order valence-corrected chi connectivity index (χ0v) is 13.8. The maximum atomic E-state index is 3.67. The van der Waals surface area contributed by atoms with Crippen molar-refractivity contribution in [3.63, 3.8) is 0 Å². The number of hydrogen-bond acceptors (Lipinski definition) is 2. The van der Waals surface area contributed by atoms with Crippen LogP contribution in [0.1, 0.15) is 66.7 Å². The highest BCUT2D eigenvalue weighted by Crippen LogP contribution is 2.44. The van der Waals surface area contributed by atoms with Gasteiger partial charge in [-0.15, -0.1) is 0 Å². The Morgan fingerprint density at radius 2 is 1.84 bits per heavy atom. The highest BCUT2D eigenvalue weighted by Gasteiger charge is 2.39. The van der Waals surface area contributed by atoms with Crippen LogP contribution < -0.4 is 5.32 Å². The number of nitrogens with one attached hydrogen (secondary N) is 1. The summed E-state index contributed by atoms with van der Waals surface area (Å²) >= 11 is 0. The van der Waals surface area contributed by atoms with Crippen molar-refractivity contribution in [2.75, 3.05) is 19.6 Å². The van der Waals surface area contributed by atoms with Gasteiger partial charge in [0.1, 0.15) is 0 Å². The van der Waals surface area contributed by atoms with E-state index in [2.05, 4.69) is 44.8 Å². The molecule has 0 aromatic heterocycles. The Balaban J connectivity index is 2.03. The van der Waals surface area contributed by atoms with E-state index in [1.807, 2.05) is 0 Å². The van der Waals surface area contributed by atoms with Gasteiger partial charge in [-0.2, -0.15) is 0 Å². The van der Waals surface area contributed by atoms with Crippen LogP contribution in [0.3, 0.4) is 0 Å². The van der Waals surface area contributed by atoms with Crippen LogP contribution in [0.5, 0.6) is 0 Å². The quantitative estimate of drug-likeness (QED) is 0.835. The smallest absolute Gasteiger partial charge is 0.0252 e. The molecule has 1 saturated heterocycles. The average Bonchev–Trinajstić information content (AvgIpc) is 2.71. The van der Waals surface area contributed by atoms with Crippen LogP contribution in [0.2, 0.25) is 0 Å². The van der Waals surface area contributed by atoms with E-state index in [1.54, 1.807) is 0 Å². The molecular weight excluding hydrogens is 232 g/mol. The normalized spacial score (nSPS) is 30.9. The average molecular weight is 266 g/mol. The molecule has 1 saturated carbocycles. The van der Waals surface area contributed by atoms with Crippen molar-refractivity contribution in [1.82, 2.24) is 10.2 Å². The van der Waals surface area contributed by atoms with E-state index >= 15 is 0 Å². The third kappa shape index (κ3) is 3.95. The summed E-state index contributed by atoms with van der Waals surface area (Å²) in [7, 11) is 0. The Labute approximate surface area is 120 Å². The summed E-state index contributed by atoms with van der Waals surface area (Å²) in [5.41, 5.74) is 0.903. The molecule has 2 aliphatic rings. The molecule has 1 N–H and O–H groups in total. The molecular formula is C17H34N2. The van der Waals surface area contributed by atoms with Gasteiger partial charge in [0.25, 0.3) is 0 Å². The Kier molecular flexibility index (Phi) is 4.62. The molecule has 1 atom stereocenters. The summed E-state index contributed by atoms with van der Waals surface area (Å²) in [5, 5.41) is 3.67. The second-order valence-corrected chi connectivity index (χ2v) is 8.32. The largest absolute Gasteiger partial charge is 0.309 e. The first kappa shape index (κ1) is 15.3. The minimum Gasteiger partial charge on any atom is -0.309 e. The molecule has 0 bridgehead atoms. The molecule has 0 amide bonds. The van der Waals surface area contributed by atoms with E-state index in [0.29, 0.717) is 11.5 Å². The van der Waals surface area contributed by atoms with E-state index in [9.17, 15) is 0 Å². The van der Waals surface area contributed by atoms with Gasteiger partial charge >= 0.3 is 0 Å². The second-order valence-electron chi connectivity index (χ2n) is 8.32. The van der Waals surface area contributed by atoms with E-state index in [1.165, 1.54) is 45.2 Å². The lowest BCUT2D eigenvalue weighted by Gasteiger charge is -2.47. The number of hydrogen-bond donors (Lipinski definition) is 1. The van der Waals surface area contributed by atoms with Gasteiger partial charge in [0.05, 0.1) is 0 Å². The number of piperazine rings is 1. The molecule has 112 valence electrons. The number of rotatable bonds is 4. The molecule has 2 nitrogen and oxygen atoms in total. The maximum Gasteiger partial charge on any atom is 0.0252 e. The van der Waals surface area contributed by atoms with Crippen LogP contribution in [0.4, 0.5) is 0 Å². The summed E-state index contributed by atoms with van der Waals surface area (Å²) in [6, 6.07) is 0.692. The van der Waals surface area contributed by atoms with Gasteiger partial charge in [-0.1, -0.05) is 26.7 Å². The van der Waals surface area contributed by atoms with Crippen molar-refractivity contribution in [1.29, 1.82) is 0 Å². The maximum absolute atomic E-state index is 3.67. The lowest BCUT2D eigenvalue weighted by Crippen LogP contribution is -2.62. The van der Waals surface area contributed by atoms with E-state index in [0.717, 1.165) is 12.5 Å². The van der Waals surface area contributed by atoms with Crippen LogP contribution in [0.25, 0.3) is 0 Å². The van der Waals surface area contributed by atoms with Crippen LogP contribution in [0.15, 0.2) is 0 Å². The standard InChI is InChI=1S/C17H34N2/c1-14(2)10-17(8-6-7-9-17)13-19-12-16(4,5)18-11-15(19)3/h14-15,18H,6-13H2,1-5H3. The molecule has 0 radical (unpaired) electrons. The van der Waals surface area contributed by atoms with Gasteiger partial charge in [-0.25, -0.2) is 0 Å². The SMILES string of the molecule is CC(C)CC1(CN2CC(C)(C)NCC2C)CCCC1. The van der Waals surface area contributed by atoms with Crippen molar-refractivity contribution in [2.45, 2.75) is 78.3 Å². The molecule has 2 fully saturated rings. The summed E-state index contributed by atoms with van der Waals surface area (Å²) in [5.74, 6) is 0.837. The summed E-state index contributed by atoms with van der Waals surface area (Å²) in [4.78, 5) is 2.77. The summed E-state index contributed by atoms with van der Waals surface area (Å²) < 4.78 is 0. The van der Waals surface area contributed by atoms with Crippen LogP contribution in [-0.4, -0.2) is 36.1 Å². The molecule has 0 spiro atoms. The predicted molar refractivity (Wildman–Crippen MR) is 83.5 cm³/mol. The van der Waals surface area contributed by atoms with E-state index in [-0.39, 0.29) is 5.54 Å². The molecule has 1 heterocycles. The Bertz CT molecular complexity index is 290. The Morgan fingerprint density at radius 1 is 1.21 bits per heavy atom. The topological polar surface area (TPSA) is 15.3 Å². The molecule has 19 heavy (non-hydrogen) atoms. The molecule has 1 unspecified atom stereocenters. The lowest BCUT2D eigenvalue weighted by atomic mass is 9.77. The minimum atomic E-state index is 0.282. The molecule has 0 aromatic carbocycles. The minimum absolute atomic E-state index is 0.282. The number of nitrogens with zero attached hydrogens (tertiary/aromatic N) is 1. The third-order valence-corrected chi connectivity index (χ3v) is 5.14. The first-order chi connectivity index (χ1) is 8.82. The fourth-order valence-electron chi connectivity index (χ4n) is 4.33. The Hall–Kier alpha value is -0.0800. The zero-order chi connectivity index (χ0) is 14.1. The second kappa shape index (κ2) is 5.73. The highest BCUT2D eigenvalue weighted by molar-refractivity contribution is 4.95. The highest BCUT2D eigenvalue weighted by atomic mass is 15.2. The van der Waals surface area contributed by atoms with E-state index in [4.69, 9.17) is 0 Å². The first-order valence-electron chi connectivity index (χ1n) is 8.31. The van der Waals surface area contributed by atoms with Gasteiger partial charge in [0, 0.05) is 31.2 Å². The van der Waals surface area contributed by atoms with Gasteiger partial charge in [0.2, 0.25) is 0 Å².